The van der Waals surface area contributed by atoms with Crippen molar-refractivity contribution in [2.45, 2.75) is 0 Å². The van der Waals surface area contributed by atoms with Gasteiger partial charge < -0.3 is 5.32 Å². The first-order chi connectivity index (χ1) is 9.52. The van der Waals surface area contributed by atoms with Gasteiger partial charge in [0.25, 0.3) is 0 Å². The van der Waals surface area contributed by atoms with Crippen LogP contribution in [-0.2, 0) is 0 Å². The summed E-state index contributed by atoms with van der Waals surface area (Å²) in [4.78, 5) is 4.43. The Bertz CT molecular complexity index is 783. The van der Waals surface area contributed by atoms with E-state index in [1.807, 2.05) is 12.1 Å². The molecule has 0 aliphatic carbocycles. The molecular formula is C13H6BrCl2FN2S. The lowest BCUT2D eigenvalue weighted by molar-refractivity contribution is 0.627. The predicted molar refractivity (Wildman–Crippen MR) is 87.0 cm³/mol. The molecule has 0 radical (unpaired) electrons. The fourth-order valence-corrected chi connectivity index (χ4v) is 3.77. The van der Waals surface area contributed by atoms with Crippen LogP contribution in [0.2, 0.25) is 10.0 Å². The number of halogens is 4. The number of hydrogen-bond donors (Lipinski definition) is 1. The van der Waals surface area contributed by atoms with Gasteiger partial charge in [-0.25, -0.2) is 9.37 Å². The zero-order valence-corrected chi connectivity index (χ0v) is 13.7. The van der Waals surface area contributed by atoms with Crippen molar-refractivity contribution in [2.75, 3.05) is 5.32 Å². The summed E-state index contributed by atoms with van der Waals surface area (Å²) in [5.41, 5.74) is 1.43. The highest BCUT2D eigenvalue weighted by molar-refractivity contribution is 9.10. The summed E-state index contributed by atoms with van der Waals surface area (Å²) < 4.78 is 14.7. The van der Waals surface area contributed by atoms with Crippen LogP contribution < -0.4 is 5.32 Å². The van der Waals surface area contributed by atoms with Gasteiger partial charge in [-0.1, -0.05) is 34.5 Å². The largest absolute Gasteiger partial charge is 0.329 e. The molecule has 0 bridgehead atoms. The molecule has 2 nitrogen and oxygen atoms in total. The smallest absolute Gasteiger partial charge is 0.188 e. The summed E-state index contributed by atoms with van der Waals surface area (Å²) >= 11 is 16.7. The molecular weight excluding hydrogens is 386 g/mol. The van der Waals surface area contributed by atoms with Crippen molar-refractivity contribution in [3.63, 3.8) is 0 Å². The first-order valence-corrected chi connectivity index (χ1v) is 7.87. The predicted octanol–water partition coefficient (Wildman–Crippen LogP) is 6.25. The second kappa shape index (κ2) is 5.48. The third-order valence-electron chi connectivity index (χ3n) is 2.59. The summed E-state index contributed by atoms with van der Waals surface area (Å²) in [6, 6.07) is 8.08. The van der Waals surface area contributed by atoms with Gasteiger partial charge in [-0.2, -0.15) is 0 Å². The van der Waals surface area contributed by atoms with E-state index in [2.05, 4.69) is 26.2 Å². The zero-order chi connectivity index (χ0) is 14.3. The van der Waals surface area contributed by atoms with Crippen LogP contribution in [-0.4, -0.2) is 4.98 Å². The lowest BCUT2D eigenvalue weighted by Gasteiger charge is -2.07. The van der Waals surface area contributed by atoms with E-state index in [-0.39, 0.29) is 5.02 Å². The molecule has 3 rings (SSSR count). The molecule has 0 aliphatic heterocycles. The maximum absolute atomic E-state index is 13.2. The number of rotatable bonds is 2. The molecule has 0 amide bonds. The SMILES string of the molecule is Fc1cc(Cl)c(Nc2nc3ccc(Cl)cc3s2)c(Br)c1. The van der Waals surface area contributed by atoms with Crippen LogP contribution in [0.15, 0.2) is 34.8 Å². The van der Waals surface area contributed by atoms with Crippen molar-refractivity contribution >= 4 is 71.5 Å². The molecule has 1 aromatic heterocycles. The Hall–Kier alpha value is -0.880. The first kappa shape index (κ1) is 14.1. The summed E-state index contributed by atoms with van der Waals surface area (Å²) in [6.07, 6.45) is 0. The van der Waals surface area contributed by atoms with E-state index in [4.69, 9.17) is 23.2 Å². The Morgan fingerprint density at radius 1 is 1.20 bits per heavy atom. The highest BCUT2D eigenvalue weighted by Crippen LogP contribution is 2.36. The summed E-state index contributed by atoms with van der Waals surface area (Å²) in [5.74, 6) is -0.400. The van der Waals surface area contributed by atoms with Gasteiger partial charge in [0.15, 0.2) is 5.13 Å². The quantitative estimate of drug-likeness (QED) is 0.558. The van der Waals surface area contributed by atoms with Gasteiger partial charge in [0.1, 0.15) is 5.82 Å². The minimum Gasteiger partial charge on any atom is -0.329 e. The Balaban J connectivity index is 2.01. The number of nitrogens with one attached hydrogen (secondary N) is 1. The van der Waals surface area contributed by atoms with Crippen molar-refractivity contribution < 1.29 is 4.39 Å². The molecule has 0 aliphatic rings. The van der Waals surface area contributed by atoms with Crippen LogP contribution in [0.25, 0.3) is 10.2 Å². The maximum atomic E-state index is 13.2. The average molecular weight is 392 g/mol. The number of nitrogens with zero attached hydrogens (tertiary/aromatic N) is 1. The van der Waals surface area contributed by atoms with E-state index < -0.39 is 5.82 Å². The van der Waals surface area contributed by atoms with Crippen molar-refractivity contribution in [1.29, 1.82) is 0 Å². The number of hydrogen-bond acceptors (Lipinski definition) is 3. The van der Waals surface area contributed by atoms with Crippen molar-refractivity contribution in [3.05, 3.63) is 50.7 Å². The van der Waals surface area contributed by atoms with Crippen LogP contribution in [0.1, 0.15) is 0 Å². The number of anilines is 2. The molecule has 0 spiro atoms. The highest BCUT2D eigenvalue weighted by atomic mass is 79.9. The second-order valence-corrected chi connectivity index (χ2v) is 6.73. The van der Waals surface area contributed by atoms with E-state index in [1.165, 1.54) is 23.5 Å². The Kier molecular flexibility index (Phi) is 3.86. The number of aromatic nitrogens is 1. The van der Waals surface area contributed by atoms with E-state index in [9.17, 15) is 4.39 Å². The monoisotopic (exact) mass is 390 g/mol. The fraction of sp³-hybridized carbons (Fsp3) is 0. The third kappa shape index (κ3) is 2.76. The molecule has 0 saturated heterocycles. The molecule has 102 valence electrons. The molecule has 0 atom stereocenters. The van der Waals surface area contributed by atoms with Crippen LogP contribution in [0, 0.1) is 5.82 Å². The van der Waals surface area contributed by atoms with Crippen LogP contribution in [0.4, 0.5) is 15.2 Å². The normalized spacial score (nSPS) is 11.0. The summed E-state index contributed by atoms with van der Waals surface area (Å²) in [7, 11) is 0. The minimum absolute atomic E-state index is 0.286. The molecule has 1 N–H and O–H groups in total. The minimum atomic E-state index is -0.400. The number of benzene rings is 2. The number of thiazole rings is 1. The molecule has 0 unspecified atom stereocenters. The van der Waals surface area contributed by atoms with Crippen LogP contribution >= 0.6 is 50.5 Å². The van der Waals surface area contributed by atoms with Gasteiger partial charge in [-0.05, 0) is 46.3 Å². The average Bonchev–Trinajstić information content (AvgIpc) is 2.75. The lowest BCUT2D eigenvalue weighted by Crippen LogP contribution is -1.92. The van der Waals surface area contributed by atoms with Crippen molar-refractivity contribution in [3.8, 4) is 0 Å². The standard InChI is InChI=1S/C13H6BrCl2FN2S/c14-8-4-7(17)5-9(16)12(8)19-13-18-10-2-1-6(15)3-11(10)20-13/h1-5H,(H,18,19). The molecule has 1 heterocycles. The van der Waals surface area contributed by atoms with Crippen molar-refractivity contribution in [1.82, 2.24) is 4.98 Å². The molecule has 20 heavy (non-hydrogen) atoms. The van der Waals surface area contributed by atoms with Crippen LogP contribution in [0.3, 0.4) is 0 Å². The lowest BCUT2D eigenvalue weighted by atomic mass is 10.3. The van der Waals surface area contributed by atoms with E-state index in [0.717, 1.165) is 10.2 Å². The molecule has 7 heteroatoms. The van der Waals surface area contributed by atoms with Gasteiger partial charge in [0.05, 0.1) is 20.9 Å². The summed E-state index contributed by atoms with van der Waals surface area (Å²) in [5, 5.41) is 4.71. The maximum Gasteiger partial charge on any atom is 0.188 e. The molecule has 0 fully saturated rings. The van der Waals surface area contributed by atoms with Gasteiger partial charge in [0.2, 0.25) is 0 Å². The Morgan fingerprint density at radius 3 is 2.75 bits per heavy atom. The zero-order valence-electron chi connectivity index (χ0n) is 9.75. The van der Waals surface area contributed by atoms with E-state index >= 15 is 0 Å². The molecule has 3 aromatic rings. The van der Waals surface area contributed by atoms with Crippen LogP contribution in [0.5, 0.6) is 0 Å². The Morgan fingerprint density at radius 2 is 2.00 bits per heavy atom. The summed E-state index contributed by atoms with van der Waals surface area (Å²) in [6.45, 7) is 0. The number of fused-ring (bicyclic) bond motifs is 1. The molecule has 0 saturated carbocycles. The van der Waals surface area contributed by atoms with E-state index in [1.54, 1.807) is 6.07 Å². The highest BCUT2D eigenvalue weighted by Gasteiger charge is 2.11. The second-order valence-electron chi connectivity index (χ2n) is 4.00. The molecule has 2 aromatic carbocycles. The van der Waals surface area contributed by atoms with Gasteiger partial charge in [0, 0.05) is 9.50 Å². The Labute approximate surface area is 136 Å². The van der Waals surface area contributed by atoms with E-state index in [0.29, 0.717) is 20.3 Å². The van der Waals surface area contributed by atoms with Gasteiger partial charge >= 0.3 is 0 Å². The van der Waals surface area contributed by atoms with Crippen molar-refractivity contribution in [2.24, 2.45) is 0 Å². The third-order valence-corrected chi connectivity index (χ3v) is 4.68. The van der Waals surface area contributed by atoms with Gasteiger partial charge in [-0.15, -0.1) is 0 Å². The topological polar surface area (TPSA) is 24.9 Å². The van der Waals surface area contributed by atoms with Gasteiger partial charge in [-0.3, -0.25) is 0 Å². The fourth-order valence-electron chi connectivity index (χ4n) is 1.72. The first-order valence-electron chi connectivity index (χ1n) is 5.50.